The van der Waals surface area contributed by atoms with Crippen molar-refractivity contribution in [2.24, 2.45) is 0 Å². The van der Waals surface area contributed by atoms with E-state index in [9.17, 15) is 22.4 Å². The Bertz CT molecular complexity index is 1400. The number of benzene rings is 3. The Morgan fingerprint density at radius 1 is 0.975 bits per heavy atom. The zero-order valence-electron chi connectivity index (χ0n) is 22.8. The fraction of sp³-hybridized carbons (Fsp3) is 0.310. The summed E-state index contributed by atoms with van der Waals surface area (Å²) >= 11 is 6.04. The molecule has 0 aliphatic rings. The van der Waals surface area contributed by atoms with Crippen molar-refractivity contribution in [3.05, 3.63) is 89.2 Å². The predicted octanol–water partition coefficient (Wildman–Crippen LogP) is 5.02. The number of rotatable bonds is 12. The molecule has 0 radical (unpaired) electrons. The minimum atomic E-state index is -4.23. The Balaban J connectivity index is 2.01. The fourth-order valence-corrected chi connectivity index (χ4v) is 5.39. The van der Waals surface area contributed by atoms with Gasteiger partial charge in [0, 0.05) is 17.6 Å². The van der Waals surface area contributed by atoms with Crippen LogP contribution in [0, 0.1) is 5.82 Å². The Hall–Kier alpha value is -3.63. The first kappa shape index (κ1) is 30.9. The Kier molecular flexibility index (Phi) is 10.5. The third-order valence-corrected chi connectivity index (χ3v) is 8.52. The average Bonchev–Trinajstić information content (AvgIpc) is 2.95. The first-order chi connectivity index (χ1) is 19.0. The fourth-order valence-electron chi connectivity index (χ4n) is 3.85. The lowest BCUT2D eigenvalue weighted by atomic mass is 10.1. The molecule has 40 heavy (non-hydrogen) atoms. The summed E-state index contributed by atoms with van der Waals surface area (Å²) in [5.41, 5.74) is 0.793. The first-order valence-corrected chi connectivity index (χ1v) is 14.5. The number of ether oxygens (including phenoxy) is 1. The molecule has 214 valence electrons. The minimum absolute atomic E-state index is 0.0365. The van der Waals surface area contributed by atoms with Crippen LogP contribution >= 0.6 is 11.6 Å². The van der Waals surface area contributed by atoms with Crippen LogP contribution in [0.25, 0.3) is 0 Å². The van der Waals surface area contributed by atoms with Crippen LogP contribution < -0.4 is 14.4 Å². The van der Waals surface area contributed by atoms with Gasteiger partial charge in [0.05, 0.1) is 17.7 Å². The largest absolute Gasteiger partial charge is 0.497 e. The molecular formula is C29H33ClFN3O5S. The van der Waals surface area contributed by atoms with Crippen molar-refractivity contribution in [1.82, 2.24) is 10.2 Å². The summed E-state index contributed by atoms with van der Waals surface area (Å²) < 4.78 is 47.3. The van der Waals surface area contributed by atoms with Crippen molar-refractivity contribution in [3.8, 4) is 5.75 Å². The first-order valence-electron chi connectivity index (χ1n) is 12.7. The second kappa shape index (κ2) is 13.6. The number of carbonyl (C=O) groups is 2. The van der Waals surface area contributed by atoms with E-state index < -0.39 is 34.3 Å². The van der Waals surface area contributed by atoms with Crippen LogP contribution in [-0.2, 0) is 26.2 Å². The summed E-state index contributed by atoms with van der Waals surface area (Å²) in [6, 6.07) is 16.3. The number of anilines is 1. The average molecular weight is 590 g/mol. The number of nitrogens with one attached hydrogen (secondary N) is 1. The van der Waals surface area contributed by atoms with Gasteiger partial charge >= 0.3 is 0 Å². The number of nitrogens with zero attached hydrogens (tertiary/aromatic N) is 2. The second-order valence-electron chi connectivity index (χ2n) is 9.31. The summed E-state index contributed by atoms with van der Waals surface area (Å²) in [5.74, 6) is -0.979. The van der Waals surface area contributed by atoms with Gasteiger partial charge in [-0.25, -0.2) is 12.8 Å². The standard InChI is InChI=1S/C29H33ClFN3O5S/c1-5-20(2)32-29(36)21(3)33(18-22-6-10-24(31)11-7-22)28(35)19-34(25-12-8-23(30)9-13-25)40(37,38)27-16-14-26(39-4)15-17-27/h6-17,20-21H,5,18-19H2,1-4H3,(H,32,36)/t20-,21+/m0/s1. The molecule has 1 N–H and O–H groups in total. The van der Waals surface area contributed by atoms with Crippen molar-refractivity contribution >= 4 is 39.1 Å². The molecule has 0 aliphatic carbocycles. The van der Waals surface area contributed by atoms with E-state index in [0.29, 0.717) is 22.8 Å². The highest BCUT2D eigenvalue weighted by Gasteiger charge is 2.32. The van der Waals surface area contributed by atoms with E-state index in [0.717, 1.165) is 4.31 Å². The van der Waals surface area contributed by atoms with Crippen molar-refractivity contribution in [1.29, 1.82) is 0 Å². The lowest BCUT2D eigenvalue weighted by molar-refractivity contribution is -0.139. The Labute approximate surface area is 239 Å². The molecule has 0 aliphatic heterocycles. The molecule has 0 saturated carbocycles. The zero-order chi connectivity index (χ0) is 29.4. The topological polar surface area (TPSA) is 96.0 Å². The molecule has 0 unspecified atom stereocenters. The molecule has 0 aromatic heterocycles. The van der Waals surface area contributed by atoms with Gasteiger partial charge in [0.2, 0.25) is 11.8 Å². The number of hydrogen-bond donors (Lipinski definition) is 1. The van der Waals surface area contributed by atoms with Crippen LogP contribution in [0.1, 0.15) is 32.8 Å². The second-order valence-corrected chi connectivity index (χ2v) is 11.6. The van der Waals surface area contributed by atoms with E-state index in [2.05, 4.69) is 5.32 Å². The molecule has 0 spiro atoms. The Morgan fingerprint density at radius 2 is 1.57 bits per heavy atom. The van der Waals surface area contributed by atoms with E-state index in [1.165, 1.54) is 84.8 Å². The highest BCUT2D eigenvalue weighted by atomic mass is 35.5. The van der Waals surface area contributed by atoms with Crippen LogP contribution in [0.4, 0.5) is 10.1 Å². The molecule has 0 fully saturated rings. The smallest absolute Gasteiger partial charge is 0.264 e. The van der Waals surface area contributed by atoms with Gasteiger partial charge in [-0.2, -0.15) is 0 Å². The van der Waals surface area contributed by atoms with Crippen molar-refractivity contribution in [3.63, 3.8) is 0 Å². The van der Waals surface area contributed by atoms with Crippen LogP contribution in [-0.4, -0.2) is 50.9 Å². The Morgan fingerprint density at radius 3 is 2.12 bits per heavy atom. The quantitative estimate of drug-likeness (QED) is 0.320. The SMILES string of the molecule is CC[C@H](C)NC(=O)[C@@H](C)N(Cc1ccc(F)cc1)C(=O)CN(c1ccc(Cl)cc1)S(=O)(=O)c1ccc(OC)cc1. The summed E-state index contributed by atoms with van der Waals surface area (Å²) in [7, 11) is -2.76. The van der Waals surface area contributed by atoms with E-state index in [1.807, 2.05) is 13.8 Å². The maximum absolute atomic E-state index is 13.9. The normalized spacial score (nSPS) is 12.8. The van der Waals surface area contributed by atoms with Crippen LogP contribution in [0.2, 0.25) is 5.02 Å². The number of hydrogen-bond acceptors (Lipinski definition) is 5. The maximum Gasteiger partial charge on any atom is 0.264 e. The molecular weight excluding hydrogens is 557 g/mol. The monoisotopic (exact) mass is 589 g/mol. The van der Waals surface area contributed by atoms with Gasteiger partial charge in [0.1, 0.15) is 24.2 Å². The number of halogens is 2. The number of amides is 2. The highest BCUT2D eigenvalue weighted by Crippen LogP contribution is 2.27. The molecule has 8 nitrogen and oxygen atoms in total. The van der Waals surface area contributed by atoms with Crippen molar-refractivity contribution in [2.45, 2.75) is 50.7 Å². The van der Waals surface area contributed by atoms with Crippen LogP contribution in [0.5, 0.6) is 5.75 Å². The van der Waals surface area contributed by atoms with E-state index in [4.69, 9.17) is 16.3 Å². The summed E-state index contributed by atoms with van der Waals surface area (Å²) in [4.78, 5) is 28.2. The van der Waals surface area contributed by atoms with Gasteiger partial charge in [-0.3, -0.25) is 13.9 Å². The molecule has 2 atom stereocenters. The molecule has 3 rings (SSSR count). The minimum Gasteiger partial charge on any atom is -0.497 e. The maximum atomic E-state index is 13.9. The molecule has 3 aromatic rings. The summed E-state index contributed by atoms with van der Waals surface area (Å²) in [6.07, 6.45) is 0.689. The van der Waals surface area contributed by atoms with E-state index in [-0.39, 0.29) is 29.1 Å². The predicted molar refractivity (Wildman–Crippen MR) is 153 cm³/mol. The highest BCUT2D eigenvalue weighted by molar-refractivity contribution is 7.92. The lowest BCUT2D eigenvalue weighted by Gasteiger charge is -2.32. The van der Waals surface area contributed by atoms with Crippen molar-refractivity contribution in [2.75, 3.05) is 18.0 Å². The van der Waals surface area contributed by atoms with Gasteiger partial charge in [0.15, 0.2) is 0 Å². The van der Waals surface area contributed by atoms with Gasteiger partial charge in [-0.1, -0.05) is 30.7 Å². The number of sulfonamides is 1. The van der Waals surface area contributed by atoms with Gasteiger partial charge in [-0.15, -0.1) is 0 Å². The summed E-state index contributed by atoms with van der Waals surface area (Å²) in [5, 5.41) is 3.26. The molecule has 2 amide bonds. The van der Waals surface area contributed by atoms with E-state index >= 15 is 0 Å². The lowest BCUT2D eigenvalue weighted by Crippen LogP contribution is -2.52. The van der Waals surface area contributed by atoms with Crippen LogP contribution in [0.3, 0.4) is 0 Å². The van der Waals surface area contributed by atoms with Gasteiger partial charge < -0.3 is 15.0 Å². The van der Waals surface area contributed by atoms with E-state index in [1.54, 1.807) is 6.92 Å². The molecule has 11 heteroatoms. The number of carbonyl (C=O) groups excluding carboxylic acids is 2. The van der Waals surface area contributed by atoms with Crippen molar-refractivity contribution < 1.29 is 27.1 Å². The molecule has 0 heterocycles. The third-order valence-electron chi connectivity index (χ3n) is 6.48. The third kappa shape index (κ3) is 7.73. The zero-order valence-corrected chi connectivity index (χ0v) is 24.4. The number of methoxy groups -OCH3 is 1. The molecule has 0 bridgehead atoms. The van der Waals surface area contributed by atoms with Crippen LogP contribution in [0.15, 0.2) is 77.7 Å². The van der Waals surface area contributed by atoms with Gasteiger partial charge in [0.25, 0.3) is 10.0 Å². The van der Waals surface area contributed by atoms with Gasteiger partial charge in [-0.05, 0) is 86.5 Å². The molecule has 0 saturated heterocycles. The summed E-state index contributed by atoms with van der Waals surface area (Å²) in [6.45, 7) is 4.71. The molecule has 3 aromatic carbocycles.